The van der Waals surface area contributed by atoms with E-state index in [1.54, 1.807) is 25.3 Å². The lowest BCUT2D eigenvalue weighted by Gasteiger charge is -2.13. The molecule has 1 atom stereocenters. The highest BCUT2D eigenvalue weighted by Crippen LogP contribution is 2.27. The first-order valence-electron chi connectivity index (χ1n) is 7.22. The largest absolute Gasteiger partial charge is 0.495 e. The summed E-state index contributed by atoms with van der Waals surface area (Å²) in [7, 11) is 1.55. The fraction of sp³-hybridized carbons (Fsp3) is 0.235. The number of nitrogens with one attached hydrogen (secondary N) is 1. The molecule has 1 amide bonds. The van der Waals surface area contributed by atoms with E-state index in [4.69, 9.17) is 27.9 Å². The van der Waals surface area contributed by atoms with Crippen molar-refractivity contribution < 1.29 is 14.8 Å². The highest BCUT2D eigenvalue weighted by atomic mass is 35.5. The van der Waals surface area contributed by atoms with E-state index in [1.807, 2.05) is 36.5 Å². The van der Waals surface area contributed by atoms with Gasteiger partial charge in [-0.15, -0.1) is 0 Å². The van der Waals surface area contributed by atoms with Crippen LogP contribution in [0.3, 0.4) is 0 Å². The quantitative estimate of drug-likeness (QED) is 0.837. The molecular weight excluding hydrogens is 335 g/mol. The van der Waals surface area contributed by atoms with Crippen LogP contribution >= 0.6 is 23.2 Å². The predicted octanol–water partition coefficient (Wildman–Crippen LogP) is 3.27. The molecule has 0 fully saturated rings. The summed E-state index contributed by atoms with van der Waals surface area (Å²) in [5.74, 6) is 0.436. The van der Waals surface area contributed by atoms with Crippen LogP contribution in [0.25, 0.3) is 0 Å². The third-order valence-electron chi connectivity index (χ3n) is 3.49. The fourth-order valence-electron chi connectivity index (χ4n) is 2.23. The normalized spacial score (nSPS) is 11.8. The molecule has 2 rings (SSSR count). The molecule has 0 spiro atoms. The average molecular weight is 354 g/mol. The Kier molecular flexibility index (Phi) is 6.28. The summed E-state index contributed by atoms with van der Waals surface area (Å²) in [6.07, 6.45) is 0. The van der Waals surface area contributed by atoms with Crippen LogP contribution in [0, 0.1) is 0 Å². The Bertz CT molecular complexity index is 692. The van der Waals surface area contributed by atoms with Crippen LogP contribution in [0.15, 0.2) is 42.5 Å². The Labute approximate surface area is 145 Å². The predicted molar refractivity (Wildman–Crippen MR) is 93.3 cm³/mol. The number of anilines is 1. The van der Waals surface area contributed by atoms with E-state index >= 15 is 0 Å². The standard InChI is InChI=1S/C17H18Cl2N2O2/c1-11(13-5-3-4-6-14(13)19)20-10-17(22)21-15-9-12(18)7-8-16(15)23-2/h3-9,11,20H,10H2,1-2H3,(H,21,22)/p+1/t11-/m1/s1. The van der Waals surface area contributed by atoms with Gasteiger partial charge in [0.25, 0.3) is 5.91 Å². The van der Waals surface area contributed by atoms with Crippen molar-refractivity contribution in [2.45, 2.75) is 13.0 Å². The summed E-state index contributed by atoms with van der Waals surface area (Å²) in [4.78, 5) is 12.1. The Morgan fingerprint density at radius 3 is 2.70 bits per heavy atom. The number of hydrogen-bond acceptors (Lipinski definition) is 2. The maximum atomic E-state index is 12.1. The summed E-state index contributed by atoms with van der Waals surface area (Å²) in [5, 5.41) is 5.97. The second-order valence-corrected chi connectivity index (χ2v) is 5.99. The minimum absolute atomic E-state index is 0.0794. The zero-order valence-electron chi connectivity index (χ0n) is 13.0. The first kappa shape index (κ1) is 17.6. The first-order valence-corrected chi connectivity index (χ1v) is 7.98. The molecule has 0 aliphatic carbocycles. The van der Waals surface area contributed by atoms with Crippen LogP contribution in [0.4, 0.5) is 5.69 Å². The van der Waals surface area contributed by atoms with E-state index in [-0.39, 0.29) is 18.5 Å². The molecule has 0 bridgehead atoms. The van der Waals surface area contributed by atoms with Crippen molar-refractivity contribution >= 4 is 34.8 Å². The van der Waals surface area contributed by atoms with Gasteiger partial charge in [-0.2, -0.15) is 0 Å². The Morgan fingerprint density at radius 2 is 2.00 bits per heavy atom. The number of benzene rings is 2. The number of carbonyl (C=O) groups is 1. The molecule has 0 heterocycles. The van der Waals surface area contributed by atoms with Crippen LogP contribution in [0.5, 0.6) is 5.75 Å². The number of rotatable bonds is 6. The van der Waals surface area contributed by atoms with Crippen molar-refractivity contribution in [3.05, 3.63) is 58.1 Å². The molecule has 0 radical (unpaired) electrons. The van der Waals surface area contributed by atoms with Crippen LogP contribution < -0.4 is 15.4 Å². The third-order valence-corrected chi connectivity index (χ3v) is 4.07. The molecule has 6 heteroatoms. The Hall–Kier alpha value is -1.75. The van der Waals surface area contributed by atoms with E-state index in [1.165, 1.54) is 0 Å². The lowest BCUT2D eigenvalue weighted by molar-refractivity contribution is -0.682. The molecular formula is C17H19Cl2N2O2+. The molecule has 3 N–H and O–H groups in total. The first-order chi connectivity index (χ1) is 11.0. The van der Waals surface area contributed by atoms with Crippen molar-refractivity contribution in [2.24, 2.45) is 0 Å². The number of quaternary nitrogens is 1. The average Bonchev–Trinajstić information content (AvgIpc) is 2.53. The lowest BCUT2D eigenvalue weighted by Crippen LogP contribution is -2.86. The highest BCUT2D eigenvalue weighted by Gasteiger charge is 2.15. The van der Waals surface area contributed by atoms with Gasteiger partial charge in [-0.1, -0.05) is 41.4 Å². The monoisotopic (exact) mass is 353 g/mol. The topological polar surface area (TPSA) is 54.9 Å². The van der Waals surface area contributed by atoms with Gasteiger partial charge in [-0.05, 0) is 31.2 Å². The van der Waals surface area contributed by atoms with Crippen molar-refractivity contribution in [3.8, 4) is 5.75 Å². The molecule has 122 valence electrons. The molecule has 0 aliphatic heterocycles. The maximum Gasteiger partial charge on any atom is 0.279 e. The molecule has 2 aromatic rings. The van der Waals surface area contributed by atoms with Crippen molar-refractivity contribution in [3.63, 3.8) is 0 Å². The smallest absolute Gasteiger partial charge is 0.279 e. The fourth-order valence-corrected chi connectivity index (χ4v) is 2.71. The summed E-state index contributed by atoms with van der Waals surface area (Å²) in [6.45, 7) is 2.27. The van der Waals surface area contributed by atoms with Gasteiger partial charge in [0.15, 0.2) is 6.54 Å². The highest BCUT2D eigenvalue weighted by molar-refractivity contribution is 6.31. The molecule has 23 heavy (non-hydrogen) atoms. The molecule has 0 aromatic heterocycles. The van der Waals surface area contributed by atoms with Gasteiger partial charge in [-0.25, -0.2) is 0 Å². The van der Waals surface area contributed by atoms with E-state index in [0.29, 0.717) is 21.5 Å². The number of amides is 1. The second-order valence-electron chi connectivity index (χ2n) is 5.14. The van der Waals surface area contributed by atoms with Gasteiger partial charge in [0.1, 0.15) is 11.8 Å². The van der Waals surface area contributed by atoms with Crippen LogP contribution in [-0.2, 0) is 4.79 Å². The van der Waals surface area contributed by atoms with Gasteiger partial charge >= 0.3 is 0 Å². The number of nitrogens with two attached hydrogens (primary N) is 1. The summed E-state index contributed by atoms with van der Waals surface area (Å²) in [5.41, 5.74) is 1.56. The van der Waals surface area contributed by atoms with Crippen molar-refractivity contribution in [1.29, 1.82) is 0 Å². The minimum Gasteiger partial charge on any atom is -0.495 e. The van der Waals surface area contributed by atoms with E-state index in [2.05, 4.69) is 5.32 Å². The zero-order chi connectivity index (χ0) is 16.8. The van der Waals surface area contributed by atoms with Crippen LogP contribution in [-0.4, -0.2) is 19.6 Å². The lowest BCUT2D eigenvalue weighted by atomic mass is 10.1. The number of ether oxygens (including phenoxy) is 1. The Morgan fingerprint density at radius 1 is 1.26 bits per heavy atom. The van der Waals surface area contributed by atoms with Gasteiger partial charge < -0.3 is 15.4 Å². The van der Waals surface area contributed by atoms with Crippen molar-refractivity contribution in [2.75, 3.05) is 19.0 Å². The van der Waals surface area contributed by atoms with Crippen LogP contribution in [0.2, 0.25) is 10.0 Å². The SMILES string of the molecule is COc1ccc(Cl)cc1NC(=O)C[NH2+][C@H](C)c1ccccc1Cl. The number of halogens is 2. The molecule has 0 saturated carbocycles. The van der Waals surface area contributed by atoms with E-state index in [9.17, 15) is 4.79 Å². The Balaban J connectivity index is 1.95. The summed E-state index contributed by atoms with van der Waals surface area (Å²) >= 11 is 12.1. The van der Waals surface area contributed by atoms with Crippen LogP contribution in [0.1, 0.15) is 18.5 Å². The van der Waals surface area contributed by atoms with Gasteiger partial charge in [0, 0.05) is 15.6 Å². The molecule has 0 unspecified atom stereocenters. The van der Waals surface area contributed by atoms with E-state index in [0.717, 1.165) is 5.56 Å². The maximum absolute atomic E-state index is 12.1. The summed E-state index contributed by atoms with van der Waals surface area (Å²) < 4.78 is 5.21. The minimum atomic E-state index is -0.135. The molecule has 0 saturated heterocycles. The number of methoxy groups -OCH3 is 1. The molecule has 4 nitrogen and oxygen atoms in total. The zero-order valence-corrected chi connectivity index (χ0v) is 14.5. The molecule has 0 aliphatic rings. The van der Waals surface area contributed by atoms with E-state index < -0.39 is 0 Å². The van der Waals surface area contributed by atoms with Gasteiger partial charge in [0.05, 0.1) is 12.8 Å². The second kappa shape index (κ2) is 8.20. The van der Waals surface area contributed by atoms with Gasteiger partial charge in [0.2, 0.25) is 0 Å². The number of carbonyl (C=O) groups excluding carboxylic acids is 1. The third kappa shape index (κ3) is 4.86. The molecule has 2 aromatic carbocycles. The van der Waals surface area contributed by atoms with Gasteiger partial charge in [-0.3, -0.25) is 4.79 Å². The van der Waals surface area contributed by atoms with Crippen molar-refractivity contribution in [1.82, 2.24) is 0 Å². The summed E-state index contributed by atoms with van der Waals surface area (Å²) in [6, 6.07) is 12.8. The number of hydrogen-bond donors (Lipinski definition) is 2.